The summed E-state index contributed by atoms with van der Waals surface area (Å²) in [4.78, 5) is 27.9. The number of urea groups is 1. The lowest BCUT2D eigenvalue weighted by atomic mass is 9.98. The number of fused-ring (bicyclic) bond motifs is 1. The Bertz CT molecular complexity index is 863. The Balaban J connectivity index is 1.28. The number of nitrogens with zero attached hydrogens (tertiary/aromatic N) is 2. The molecule has 0 aliphatic carbocycles. The van der Waals surface area contributed by atoms with Crippen LogP contribution in [0.2, 0.25) is 0 Å². The van der Waals surface area contributed by atoms with E-state index in [1.54, 1.807) is 16.7 Å². The molecule has 10 heteroatoms. The number of halogens is 3. The quantitative estimate of drug-likeness (QED) is 0.782. The molecule has 0 saturated carbocycles. The minimum atomic E-state index is -4.37. The van der Waals surface area contributed by atoms with Crippen molar-refractivity contribution in [3.8, 4) is 0 Å². The topological polar surface area (TPSA) is 71.1 Å². The van der Waals surface area contributed by atoms with Crippen molar-refractivity contribution in [2.24, 2.45) is 0 Å². The molecule has 3 amide bonds. The van der Waals surface area contributed by atoms with Crippen molar-refractivity contribution in [2.75, 3.05) is 26.2 Å². The lowest BCUT2D eigenvalue weighted by Crippen LogP contribution is -2.67. The smallest absolute Gasteiger partial charge is 0.370 e. The zero-order valence-electron chi connectivity index (χ0n) is 17.4. The van der Waals surface area contributed by atoms with Crippen LogP contribution in [0.15, 0.2) is 18.2 Å². The first kappa shape index (κ1) is 21.9. The van der Waals surface area contributed by atoms with E-state index in [0.717, 1.165) is 12.1 Å². The zero-order chi connectivity index (χ0) is 22.3. The first-order valence-corrected chi connectivity index (χ1v) is 10.4. The number of morpholine rings is 1. The number of hydrogen-bond donors (Lipinski definition) is 1. The van der Waals surface area contributed by atoms with E-state index in [4.69, 9.17) is 9.47 Å². The number of ether oxygens (including phenoxy) is 2. The van der Waals surface area contributed by atoms with E-state index in [1.807, 2.05) is 6.92 Å². The molecule has 4 rings (SSSR count). The van der Waals surface area contributed by atoms with E-state index < -0.39 is 11.7 Å². The molecule has 1 N–H and O–H groups in total. The van der Waals surface area contributed by atoms with Gasteiger partial charge in [0.15, 0.2) is 0 Å². The van der Waals surface area contributed by atoms with Crippen molar-refractivity contribution in [1.82, 2.24) is 15.1 Å². The van der Waals surface area contributed by atoms with Crippen LogP contribution in [0, 0.1) is 6.92 Å². The lowest BCUT2D eigenvalue weighted by molar-refractivity contribution is -0.140. The SMILES string of the molecule is Cc1cc(C(F)(F)F)ccc1COC1CN(C(=O)N2CC[C@@H]3OCC(=O)N[C@@H]3C2)C1C. The molecule has 1 aromatic carbocycles. The van der Waals surface area contributed by atoms with Gasteiger partial charge >= 0.3 is 12.2 Å². The summed E-state index contributed by atoms with van der Waals surface area (Å²) in [6.45, 7) is 5.18. The summed E-state index contributed by atoms with van der Waals surface area (Å²) in [5, 5.41) is 2.88. The Kier molecular flexibility index (Phi) is 5.87. The third kappa shape index (κ3) is 4.50. The molecule has 3 fully saturated rings. The minimum absolute atomic E-state index is 0.0568. The van der Waals surface area contributed by atoms with E-state index in [-0.39, 0.29) is 49.4 Å². The fourth-order valence-corrected chi connectivity index (χ4v) is 4.31. The predicted octanol–water partition coefficient (Wildman–Crippen LogP) is 2.31. The number of likely N-dealkylation sites (tertiary alicyclic amines) is 2. The lowest BCUT2D eigenvalue weighted by Gasteiger charge is -2.49. The predicted molar refractivity (Wildman–Crippen MR) is 104 cm³/mol. The molecule has 0 bridgehead atoms. The van der Waals surface area contributed by atoms with E-state index in [0.29, 0.717) is 37.2 Å². The number of aryl methyl sites for hydroxylation is 1. The largest absolute Gasteiger partial charge is 0.416 e. The molecule has 3 saturated heterocycles. The highest BCUT2D eigenvalue weighted by Crippen LogP contribution is 2.31. The van der Waals surface area contributed by atoms with Gasteiger partial charge in [0.2, 0.25) is 5.91 Å². The number of hydrogen-bond acceptors (Lipinski definition) is 4. The number of nitrogens with one attached hydrogen (secondary N) is 1. The maximum absolute atomic E-state index is 12.9. The van der Waals surface area contributed by atoms with Crippen LogP contribution in [0.5, 0.6) is 0 Å². The van der Waals surface area contributed by atoms with Crippen molar-refractivity contribution < 1.29 is 32.2 Å². The van der Waals surface area contributed by atoms with Crippen molar-refractivity contribution in [1.29, 1.82) is 0 Å². The summed E-state index contributed by atoms with van der Waals surface area (Å²) in [7, 11) is 0. The van der Waals surface area contributed by atoms with Gasteiger partial charge in [-0.25, -0.2) is 4.79 Å². The number of rotatable bonds is 3. The average Bonchev–Trinajstić information content (AvgIpc) is 2.72. The number of benzene rings is 1. The molecule has 3 aliphatic rings. The monoisotopic (exact) mass is 441 g/mol. The summed E-state index contributed by atoms with van der Waals surface area (Å²) in [5.74, 6) is -0.167. The van der Waals surface area contributed by atoms with Crippen LogP contribution in [0.3, 0.4) is 0 Å². The van der Waals surface area contributed by atoms with Crippen LogP contribution in [0.1, 0.15) is 30.0 Å². The first-order chi connectivity index (χ1) is 14.6. The standard InChI is InChI=1S/C21H26F3N3O4/c1-12-7-15(21(22,23)24)4-3-14(12)10-30-18-9-27(13(18)2)20(29)26-6-5-17-16(8-26)25-19(28)11-31-17/h3-4,7,13,16-18H,5-6,8-11H2,1-2H3,(H,25,28)/t13?,16-,17+,18?/m1/s1. The number of carbonyl (C=O) groups excluding carboxylic acids is 2. The molecule has 31 heavy (non-hydrogen) atoms. The van der Waals surface area contributed by atoms with Gasteiger partial charge in [-0.15, -0.1) is 0 Å². The van der Waals surface area contributed by atoms with Crippen LogP contribution < -0.4 is 5.32 Å². The third-order valence-electron chi connectivity index (χ3n) is 6.37. The number of amides is 3. The second-order valence-corrected chi connectivity index (χ2v) is 8.42. The Labute approximate surface area is 178 Å². The first-order valence-electron chi connectivity index (χ1n) is 10.4. The Morgan fingerprint density at radius 1 is 1.32 bits per heavy atom. The number of alkyl halides is 3. The highest BCUT2D eigenvalue weighted by Gasteiger charge is 2.44. The van der Waals surface area contributed by atoms with Crippen LogP contribution in [0.25, 0.3) is 0 Å². The van der Waals surface area contributed by atoms with Gasteiger partial charge in [-0.05, 0) is 43.5 Å². The molecular formula is C21H26F3N3O4. The van der Waals surface area contributed by atoms with Crippen LogP contribution in [-0.4, -0.2) is 72.3 Å². The van der Waals surface area contributed by atoms with E-state index >= 15 is 0 Å². The van der Waals surface area contributed by atoms with Gasteiger partial charge < -0.3 is 24.6 Å². The molecular weight excluding hydrogens is 415 g/mol. The Morgan fingerprint density at radius 2 is 2.10 bits per heavy atom. The molecule has 7 nitrogen and oxygen atoms in total. The second kappa shape index (κ2) is 8.31. The summed E-state index contributed by atoms with van der Waals surface area (Å²) >= 11 is 0. The van der Waals surface area contributed by atoms with E-state index in [9.17, 15) is 22.8 Å². The van der Waals surface area contributed by atoms with Crippen LogP contribution >= 0.6 is 0 Å². The average molecular weight is 441 g/mol. The van der Waals surface area contributed by atoms with Gasteiger partial charge in [0.05, 0.1) is 43.0 Å². The molecule has 4 atom stereocenters. The fourth-order valence-electron chi connectivity index (χ4n) is 4.31. The third-order valence-corrected chi connectivity index (χ3v) is 6.37. The van der Waals surface area contributed by atoms with Gasteiger partial charge in [-0.3, -0.25) is 4.79 Å². The maximum atomic E-state index is 12.9. The maximum Gasteiger partial charge on any atom is 0.416 e. The molecule has 3 aliphatic heterocycles. The summed E-state index contributed by atoms with van der Waals surface area (Å²) < 4.78 is 49.8. The van der Waals surface area contributed by atoms with E-state index in [2.05, 4.69) is 5.32 Å². The van der Waals surface area contributed by atoms with Crippen LogP contribution in [-0.2, 0) is 27.1 Å². The van der Waals surface area contributed by atoms with Crippen molar-refractivity contribution in [2.45, 2.75) is 57.3 Å². The summed E-state index contributed by atoms with van der Waals surface area (Å²) in [6, 6.07) is 3.19. The van der Waals surface area contributed by atoms with Crippen LogP contribution in [0.4, 0.5) is 18.0 Å². The molecule has 1 aromatic rings. The molecule has 170 valence electrons. The number of piperidine rings is 1. The van der Waals surface area contributed by atoms with Gasteiger partial charge in [-0.1, -0.05) is 6.07 Å². The molecule has 2 unspecified atom stereocenters. The fraction of sp³-hybridized carbons (Fsp3) is 0.619. The highest BCUT2D eigenvalue weighted by molar-refractivity contribution is 5.79. The zero-order valence-corrected chi connectivity index (χ0v) is 17.4. The molecule has 0 spiro atoms. The van der Waals surface area contributed by atoms with Gasteiger partial charge in [0.1, 0.15) is 6.61 Å². The Hall–Kier alpha value is -2.33. The number of carbonyl (C=O) groups is 2. The van der Waals surface area contributed by atoms with Crippen molar-refractivity contribution in [3.05, 3.63) is 34.9 Å². The van der Waals surface area contributed by atoms with Crippen molar-refractivity contribution >= 4 is 11.9 Å². The van der Waals surface area contributed by atoms with Gasteiger partial charge in [-0.2, -0.15) is 13.2 Å². The van der Waals surface area contributed by atoms with Gasteiger partial charge in [0, 0.05) is 13.1 Å². The summed E-state index contributed by atoms with van der Waals surface area (Å²) in [5.41, 5.74) is 0.542. The second-order valence-electron chi connectivity index (χ2n) is 8.42. The van der Waals surface area contributed by atoms with E-state index in [1.165, 1.54) is 6.07 Å². The normalized spacial score (nSPS) is 28.6. The highest BCUT2D eigenvalue weighted by atomic mass is 19.4. The Morgan fingerprint density at radius 3 is 2.77 bits per heavy atom. The van der Waals surface area contributed by atoms with Crippen molar-refractivity contribution in [3.63, 3.8) is 0 Å². The molecule has 0 radical (unpaired) electrons. The molecule has 0 aromatic heterocycles. The minimum Gasteiger partial charge on any atom is -0.370 e. The van der Waals surface area contributed by atoms with Gasteiger partial charge in [0.25, 0.3) is 0 Å². The molecule has 3 heterocycles. The summed E-state index contributed by atoms with van der Waals surface area (Å²) in [6.07, 6.45) is -3.93.